The Morgan fingerprint density at radius 2 is 2.00 bits per heavy atom. The van der Waals surface area contributed by atoms with E-state index in [2.05, 4.69) is 0 Å². The molecule has 0 aliphatic carbocycles. The molecular formula is C4H9NS2. The summed E-state index contributed by atoms with van der Waals surface area (Å²) in [5, 5.41) is 0. The van der Waals surface area contributed by atoms with E-state index in [-0.39, 0.29) is 0 Å². The first-order valence-electron chi connectivity index (χ1n) is 2.38. The van der Waals surface area contributed by atoms with Crippen LogP contribution in [0.15, 0.2) is 0 Å². The van der Waals surface area contributed by atoms with Crippen molar-refractivity contribution in [2.75, 3.05) is 18.1 Å². The van der Waals surface area contributed by atoms with E-state index in [1.807, 2.05) is 21.6 Å². The van der Waals surface area contributed by atoms with E-state index in [0.29, 0.717) is 0 Å². The van der Waals surface area contributed by atoms with E-state index in [9.17, 15) is 0 Å². The summed E-state index contributed by atoms with van der Waals surface area (Å²) in [5.74, 6) is 3.33. The topological polar surface area (TPSA) is 26.0 Å². The summed E-state index contributed by atoms with van der Waals surface area (Å²) in [6.07, 6.45) is 0. The molecule has 0 amide bonds. The summed E-state index contributed by atoms with van der Waals surface area (Å²) >= 11 is 0. The van der Waals surface area contributed by atoms with Gasteiger partial charge < -0.3 is 5.73 Å². The number of hydrogen-bond acceptors (Lipinski definition) is 3. The molecule has 1 aliphatic heterocycles. The van der Waals surface area contributed by atoms with Crippen molar-refractivity contribution in [1.29, 1.82) is 0 Å². The van der Waals surface area contributed by atoms with Gasteiger partial charge in [-0.15, -0.1) is 0 Å². The second kappa shape index (κ2) is 2.84. The van der Waals surface area contributed by atoms with Gasteiger partial charge in [-0.2, -0.15) is 0 Å². The highest BCUT2D eigenvalue weighted by atomic mass is 33.1. The van der Waals surface area contributed by atoms with E-state index >= 15 is 0 Å². The molecule has 0 saturated carbocycles. The van der Waals surface area contributed by atoms with Gasteiger partial charge in [-0.25, -0.2) is 0 Å². The van der Waals surface area contributed by atoms with Crippen LogP contribution in [0, 0.1) is 5.92 Å². The second-order valence-electron chi connectivity index (χ2n) is 1.67. The zero-order valence-electron chi connectivity index (χ0n) is 4.09. The Balaban J connectivity index is 2.14. The molecule has 1 heterocycles. The first-order valence-corrected chi connectivity index (χ1v) is 4.87. The molecule has 0 atom stereocenters. The van der Waals surface area contributed by atoms with Crippen LogP contribution >= 0.6 is 21.6 Å². The predicted octanol–water partition coefficient (Wildman–Crippen LogP) is 0.956. The minimum absolute atomic E-state index is 0.801. The maximum atomic E-state index is 5.41. The van der Waals surface area contributed by atoms with Crippen LogP contribution in [0.25, 0.3) is 0 Å². The van der Waals surface area contributed by atoms with E-state index < -0.39 is 0 Å². The molecule has 1 fully saturated rings. The quantitative estimate of drug-likeness (QED) is 0.542. The van der Waals surface area contributed by atoms with Crippen molar-refractivity contribution in [3.05, 3.63) is 0 Å². The van der Waals surface area contributed by atoms with E-state index in [4.69, 9.17) is 5.73 Å². The molecule has 0 bridgehead atoms. The van der Waals surface area contributed by atoms with Gasteiger partial charge in [0.2, 0.25) is 0 Å². The van der Waals surface area contributed by atoms with Crippen LogP contribution in [0.2, 0.25) is 0 Å². The summed E-state index contributed by atoms with van der Waals surface area (Å²) in [7, 11) is 3.89. The van der Waals surface area contributed by atoms with Gasteiger partial charge in [0.25, 0.3) is 0 Å². The molecule has 2 N–H and O–H groups in total. The van der Waals surface area contributed by atoms with Gasteiger partial charge in [0.05, 0.1) is 0 Å². The molecule has 0 aromatic carbocycles. The summed E-state index contributed by atoms with van der Waals surface area (Å²) < 4.78 is 0. The van der Waals surface area contributed by atoms with E-state index in [1.165, 1.54) is 11.5 Å². The van der Waals surface area contributed by atoms with Crippen molar-refractivity contribution in [3.8, 4) is 0 Å². The molecule has 7 heavy (non-hydrogen) atoms. The Hall–Kier alpha value is 0.660. The maximum Gasteiger partial charge on any atom is 0.00855 e. The number of rotatable bonds is 1. The van der Waals surface area contributed by atoms with Crippen molar-refractivity contribution >= 4 is 21.6 Å². The van der Waals surface area contributed by atoms with E-state index in [0.717, 1.165) is 12.5 Å². The highest BCUT2D eigenvalue weighted by Gasteiger charge is 2.13. The molecule has 0 aromatic rings. The van der Waals surface area contributed by atoms with Crippen LogP contribution in [-0.2, 0) is 0 Å². The third-order valence-electron chi connectivity index (χ3n) is 1.02. The van der Waals surface area contributed by atoms with Crippen molar-refractivity contribution < 1.29 is 0 Å². The zero-order valence-corrected chi connectivity index (χ0v) is 5.73. The largest absolute Gasteiger partial charge is 0.330 e. The zero-order chi connectivity index (χ0) is 5.11. The molecule has 0 aromatic heterocycles. The molecule has 0 unspecified atom stereocenters. The SMILES string of the molecule is NCC1CSSC1. The van der Waals surface area contributed by atoms with Gasteiger partial charge in [0.15, 0.2) is 0 Å². The van der Waals surface area contributed by atoms with Crippen molar-refractivity contribution in [2.24, 2.45) is 11.7 Å². The Labute approximate surface area is 51.8 Å². The molecule has 1 aliphatic rings. The van der Waals surface area contributed by atoms with Gasteiger partial charge in [0, 0.05) is 11.5 Å². The summed E-state index contributed by atoms with van der Waals surface area (Å²) in [5.41, 5.74) is 5.41. The highest BCUT2D eigenvalue weighted by Crippen LogP contribution is 2.33. The number of nitrogens with two attached hydrogens (primary N) is 1. The Morgan fingerprint density at radius 3 is 2.29 bits per heavy atom. The maximum absolute atomic E-state index is 5.41. The minimum atomic E-state index is 0.801. The van der Waals surface area contributed by atoms with Gasteiger partial charge in [0.1, 0.15) is 0 Å². The van der Waals surface area contributed by atoms with Gasteiger partial charge >= 0.3 is 0 Å². The highest BCUT2D eigenvalue weighted by molar-refractivity contribution is 8.77. The van der Waals surface area contributed by atoms with Crippen LogP contribution in [0.1, 0.15) is 0 Å². The first kappa shape index (κ1) is 5.79. The molecule has 1 saturated heterocycles. The lowest BCUT2D eigenvalue weighted by Crippen LogP contribution is -2.14. The Kier molecular flexibility index (Phi) is 2.35. The normalized spacial score (nSPS) is 23.6. The standard InChI is InChI=1S/C4H9NS2/c5-1-4-2-6-7-3-4/h4H,1-3,5H2. The Bertz CT molecular complexity index is 51.7. The first-order chi connectivity index (χ1) is 3.43. The minimum Gasteiger partial charge on any atom is -0.330 e. The van der Waals surface area contributed by atoms with Gasteiger partial charge in [-0.1, -0.05) is 21.6 Å². The summed E-state index contributed by atoms with van der Waals surface area (Å²) in [6.45, 7) is 0.875. The van der Waals surface area contributed by atoms with Crippen LogP contribution in [0.5, 0.6) is 0 Å². The fourth-order valence-corrected chi connectivity index (χ4v) is 3.44. The Morgan fingerprint density at radius 1 is 1.43 bits per heavy atom. The lowest BCUT2D eigenvalue weighted by atomic mass is 10.2. The molecule has 0 radical (unpaired) electrons. The van der Waals surface area contributed by atoms with Crippen LogP contribution in [0.3, 0.4) is 0 Å². The number of hydrogen-bond donors (Lipinski definition) is 1. The fraction of sp³-hybridized carbons (Fsp3) is 1.00. The molecular weight excluding hydrogens is 126 g/mol. The van der Waals surface area contributed by atoms with Crippen LogP contribution in [-0.4, -0.2) is 18.1 Å². The van der Waals surface area contributed by atoms with Gasteiger partial charge in [-0.3, -0.25) is 0 Å². The fourth-order valence-electron chi connectivity index (χ4n) is 0.473. The molecule has 1 nitrogen and oxygen atoms in total. The lowest BCUT2D eigenvalue weighted by molar-refractivity contribution is 0.695. The van der Waals surface area contributed by atoms with Gasteiger partial charge in [-0.05, 0) is 12.5 Å². The average molecular weight is 135 g/mol. The summed E-state index contributed by atoms with van der Waals surface area (Å²) in [6, 6.07) is 0. The molecule has 3 heteroatoms. The van der Waals surface area contributed by atoms with Crippen molar-refractivity contribution in [1.82, 2.24) is 0 Å². The molecule has 1 rings (SSSR count). The molecule has 0 spiro atoms. The van der Waals surface area contributed by atoms with E-state index in [1.54, 1.807) is 0 Å². The predicted molar refractivity (Wildman–Crippen MR) is 37.5 cm³/mol. The van der Waals surface area contributed by atoms with Crippen molar-refractivity contribution in [2.45, 2.75) is 0 Å². The second-order valence-corrected chi connectivity index (χ2v) is 4.22. The van der Waals surface area contributed by atoms with Crippen LogP contribution < -0.4 is 5.73 Å². The van der Waals surface area contributed by atoms with Crippen molar-refractivity contribution in [3.63, 3.8) is 0 Å². The average Bonchev–Trinajstić information content (AvgIpc) is 2.14. The molecule has 42 valence electrons. The lowest BCUT2D eigenvalue weighted by Gasteiger charge is -1.97. The monoisotopic (exact) mass is 135 g/mol. The summed E-state index contributed by atoms with van der Waals surface area (Å²) in [4.78, 5) is 0. The third kappa shape index (κ3) is 1.55. The third-order valence-corrected chi connectivity index (χ3v) is 3.72. The van der Waals surface area contributed by atoms with Crippen LogP contribution in [0.4, 0.5) is 0 Å². The smallest absolute Gasteiger partial charge is 0.00855 e.